The predicted octanol–water partition coefficient (Wildman–Crippen LogP) is 0.883. The molecule has 92 valence electrons. The Labute approximate surface area is 101 Å². The fraction of sp³-hybridized carbons (Fsp3) is 0.333. The van der Waals surface area contributed by atoms with Crippen LogP contribution in [0, 0.1) is 13.8 Å². The van der Waals surface area contributed by atoms with Gasteiger partial charge in [0.05, 0.1) is 6.54 Å². The summed E-state index contributed by atoms with van der Waals surface area (Å²) in [6, 6.07) is 5.91. The molecule has 0 saturated carbocycles. The van der Waals surface area contributed by atoms with E-state index >= 15 is 0 Å². The first-order chi connectivity index (χ1) is 8.00. The molecule has 17 heavy (non-hydrogen) atoms. The van der Waals surface area contributed by atoms with Gasteiger partial charge in [-0.15, -0.1) is 0 Å². The molecule has 1 aromatic rings. The maximum absolute atomic E-state index is 11.4. The van der Waals surface area contributed by atoms with Crippen molar-refractivity contribution in [3.05, 3.63) is 29.3 Å². The van der Waals surface area contributed by atoms with E-state index in [1.165, 1.54) is 6.92 Å². The molecule has 0 fully saturated rings. The molecule has 0 heterocycles. The van der Waals surface area contributed by atoms with Gasteiger partial charge < -0.3 is 5.32 Å². The van der Waals surface area contributed by atoms with Crippen molar-refractivity contribution in [2.75, 3.05) is 11.9 Å². The highest BCUT2D eigenvalue weighted by Gasteiger charge is 2.04. The molecular weight excluding hydrogens is 218 g/mol. The van der Waals surface area contributed by atoms with Crippen LogP contribution in [-0.2, 0) is 9.59 Å². The van der Waals surface area contributed by atoms with Gasteiger partial charge in [-0.25, -0.2) is 0 Å². The number of amides is 2. The highest BCUT2D eigenvalue weighted by Crippen LogP contribution is 2.18. The average Bonchev–Trinajstić information content (AvgIpc) is 2.25. The summed E-state index contributed by atoms with van der Waals surface area (Å²) in [6.45, 7) is 5.40. The van der Waals surface area contributed by atoms with Crippen LogP contribution in [0.15, 0.2) is 18.2 Å². The lowest BCUT2D eigenvalue weighted by Gasteiger charge is -2.12. The number of hydrogen-bond donors (Lipinski definition) is 3. The fourth-order valence-corrected chi connectivity index (χ4v) is 1.46. The predicted molar refractivity (Wildman–Crippen MR) is 66.4 cm³/mol. The summed E-state index contributed by atoms with van der Waals surface area (Å²) >= 11 is 0. The van der Waals surface area contributed by atoms with Gasteiger partial charge in [0.25, 0.3) is 5.91 Å². The molecule has 3 N–H and O–H groups in total. The number of para-hydroxylation sites is 1. The molecule has 5 heteroatoms. The number of anilines is 1. The van der Waals surface area contributed by atoms with Gasteiger partial charge in [-0.1, -0.05) is 18.2 Å². The summed E-state index contributed by atoms with van der Waals surface area (Å²) < 4.78 is 0. The van der Waals surface area contributed by atoms with Crippen LogP contribution in [0.5, 0.6) is 0 Å². The highest BCUT2D eigenvalue weighted by atomic mass is 16.2. The average molecular weight is 235 g/mol. The van der Waals surface area contributed by atoms with E-state index in [4.69, 9.17) is 0 Å². The maximum Gasteiger partial charge on any atom is 0.257 e. The third-order valence-corrected chi connectivity index (χ3v) is 2.28. The first-order valence-corrected chi connectivity index (χ1v) is 5.36. The summed E-state index contributed by atoms with van der Waals surface area (Å²) in [5.74, 6) is -0.590. The van der Waals surface area contributed by atoms with Crippen LogP contribution in [0.3, 0.4) is 0 Å². The van der Waals surface area contributed by atoms with Crippen LogP contribution < -0.4 is 16.2 Å². The van der Waals surface area contributed by atoms with Gasteiger partial charge in [0.15, 0.2) is 0 Å². The number of aryl methyl sites for hydroxylation is 2. The standard InChI is InChI=1S/C12H17N3O2/c1-8-5-4-6-9(2)12(8)13-7-11(17)15-14-10(3)16/h4-6,13H,7H2,1-3H3,(H,14,16)(H,15,17). The van der Waals surface area contributed by atoms with Gasteiger partial charge in [-0.05, 0) is 25.0 Å². The second-order valence-corrected chi connectivity index (χ2v) is 3.85. The molecule has 0 bridgehead atoms. The summed E-state index contributed by atoms with van der Waals surface area (Å²) in [5.41, 5.74) is 7.63. The molecule has 1 aromatic carbocycles. The number of hydrogen-bond acceptors (Lipinski definition) is 3. The molecule has 0 unspecified atom stereocenters. The van der Waals surface area contributed by atoms with E-state index in [9.17, 15) is 9.59 Å². The number of nitrogens with one attached hydrogen (secondary N) is 3. The molecule has 0 aliphatic carbocycles. The monoisotopic (exact) mass is 235 g/mol. The Morgan fingerprint density at radius 2 is 1.71 bits per heavy atom. The lowest BCUT2D eigenvalue weighted by atomic mass is 10.1. The van der Waals surface area contributed by atoms with Crippen LogP contribution in [0.2, 0.25) is 0 Å². The van der Waals surface area contributed by atoms with Crippen molar-refractivity contribution < 1.29 is 9.59 Å². The van der Waals surface area contributed by atoms with Gasteiger partial charge in [0, 0.05) is 12.6 Å². The van der Waals surface area contributed by atoms with Crippen molar-refractivity contribution in [1.29, 1.82) is 0 Å². The van der Waals surface area contributed by atoms with E-state index in [1.54, 1.807) is 0 Å². The highest BCUT2D eigenvalue weighted by molar-refractivity contribution is 5.84. The topological polar surface area (TPSA) is 70.2 Å². The van der Waals surface area contributed by atoms with Crippen molar-refractivity contribution in [2.24, 2.45) is 0 Å². The molecule has 0 atom stereocenters. The Balaban J connectivity index is 2.50. The lowest BCUT2D eigenvalue weighted by molar-refractivity contribution is -0.126. The Hall–Kier alpha value is -2.04. The van der Waals surface area contributed by atoms with Crippen molar-refractivity contribution in [2.45, 2.75) is 20.8 Å². The van der Waals surface area contributed by atoms with Crippen molar-refractivity contribution >= 4 is 17.5 Å². The Morgan fingerprint density at radius 1 is 1.12 bits per heavy atom. The van der Waals surface area contributed by atoms with E-state index in [2.05, 4.69) is 16.2 Å². The van der Waals surface area contributed by atoms with Gasteiger partial charge >= 0.3 is 0 Å². The second-order valence-electron chi connectivity index (χ2n) is 3.85. The van der Waals surface area contributed by atoms with Gasteiger partial charge in [0.2, 0.25) is 5.91 Å². The minimum atomic E-state index is -0.301. The van der Waals surface area contributed by atoms with Gasteiger partial charge in [-0.3, -0.25) is 20.4 Å². The summed E-state index contributed by atoms with van der Waals surface area (Å²) in [6.07, 6.45) is 0. The molecule has 0 radical (unpaired) electrons. The number of carbonyl (C=O) groups excluding carboxylic acids is 2. The maximum atomic E-state index is 11.4. The Bertz CT molecular complexity index is 410. The summed E-state index contributed by atoms with van der Waals surface area (Å²) in [5, 5.41) is 3.04. The Morgan fingerprint density at radius 3 is 2.24 bits per heavy atom. The zero-order chi connectivity index (χ0) is 12.8. The third kappa shape index (κ3) is 4.14. The lowest BCUT2D eigenvalue weighted by Crippen LogP contribution is -2.43. The summed E-state index contributed by atoms with van der Waals surface area (Å²) in [4.78, 5) is 21.9. The molecular formula is C12H17N3O2. The Kier molecular flexibility index (Phi) is 4.51. The van der Waals surface area contributed by atoms with E-state index < -0.39 is 0 Å². The van der Waals surface area contributed by atoms with Crippen molar-refractivity contribution in [3.63, 3.8) is 0 Å². The molecule has 0 aliphatic rings. The van der Waals surface area contributed by atoms with Crippen molar-refractivity contribution in [3.8, 4) is 0 Å². The van der Waals surface area contributed by atoms with Crippen molar-refractivity contribution in [1.82, 2.24) is 10.9 Å². The largest absolute Gasteiger partial charge is 0.376 e. The molecule has 0 spiro atoms. The zero-order valence-electron chi connectivity index (χ0n) is 10.3. The first kappa shape index (κ1) is 13.0. The number of hydrazine groups is 1. The van der Waals surface area contributed by atoms with Crippen LogP contribution in [0.1, 0.15) is 18.1 Å². The third-order valence-electron chi connectivity index (χ3n) is 2.28. The second kappa shape index (κ2) is 5.89. The van der Waals surface area contributed by atoms with E-state index in [-0.39, 0.29) is 18.4 Å². The van der Waals surface area contributed by atoms with E-state index in [0.29, 0.717) is 0 Å². The van der Waals surface area contributed by atoms with Gasteiger partial charge in [0.1, 0.15) is 0 Å². The quantitative estimate of drug-likeness (QED) is 0.681. The van der Waals surface area contributed by atoms with Gasteiger partial charge in [-0.2, -0.15) is 0 Å². The zero-order valence-corrected chi connectivity index (χ0v) is 10.3. The molecule has 0 aromatic heterocycles. The fourth-order valence-electron chi connectivity index (χ4n) is 1.46. The SMILES string of the molecule is CC(=O)NNC(=O)CNc1c(C)cccc1C. The molecule has 2 amide bonds. The normalized spacial score (nSPS) is 9.59. The summed E-state index contributed by atoms with van der Waals surface area (Å²) in [7, 11) is 0. The smallest absolute Gasteiger partial charge is 0.257 e. The van der Waals surface area contributed by atoms with E-state index in [1.807, 2.05) is 32.0 Å². The van der Waals surface area contributed by atoms with Crippen LogP contribution >= 0.6 is 0 Å². The van der Waals surface area contributed by atoms with Crippen LogP contribution in [-0.4, -0.2) is 18.4 Å². The first-order valence-electron chi connectivity index (χ1n) is 5.36. The molecule has 1 rings (SSSR count). The molecule has 0 aliphatic heterocycles. The minimum Gasteiger partial charge on any atom is -0.376 e. The number of benzene rings is 1. The molecule has 0 saturated heterocycles. The number of carbonyl (C=O) groups is 2. The van der Waals surface area contributed by atoms with Crippen LogP contribution in [0.4, 0.5) is 5.69 Å². The minimum absolute atomic E-state index is 0.117. The number of rotatable bonds is 3. The van der Waals surface area contributed by atoms with Crippen LogP contribution in [0.25, 0.3) is 0 Å². The van der Waals surface area contributed by atoms with E-state index in [0.717, 1.165) is 16.8 Å². The molecule has 5 nitrogen and oxygen atoms in total.